The third-order valence-electron chi connectivity index (χ3n) is 3.69. The molecule has 130 valence electrons. The predicted molar refractivity (Wildman–Crippen MR) is 89.5 cm³/mol. The minimum absolute atomic E-state index is 0. The molecular formula is C14H22ClN3O4S. The maximum Gasteiger partial charge on any atom is 0.255 e. The van der Waals surface area contributed by atoms with E-state index in [4.69, 9.17) is 9.88 Å². The Morgan fingerprint density at radius 1 is 1.48 bits per heavy atom. The first-order valence-electron chi connectivity index (χ1n) is 7.11. The van der Waals surface area contributed by atoms with E-state index in [0.29, 0.717) is 18.2 Å². The highest BCUT2D eigenvalue weighted by Crippen LogP contribution is 2.22. The number of ether oxygens (including phenoxy) is 1. The van der Waals surface area contributed by atoms with Gasteiger partial charge in [0.1, 0.15) is 5.75 Å². The number of nitrogens with one attached hydrogen (secondary N) is 2. The first kappa shape index (κ1) is 19.7. The summed E-state index contributed by atoms with van der Waals surface area (Å²) in [7, 11) is -2.44. The molecular weight excluding hydrogens is 342 g/mol. The summed E-state index contributed by atoms with van der Waals surface area (Å²) in [5, 5.41) is 11.2. The molecule has 2 rings (SSSR count). The molecule has 0 aliphatic carbocycles. The number of piperidine rings is 1. The molecule has 1 atom stereocenters. The second-order valence-corrected chi connectivity index (χ2v) is 6.89. The lowest BCUT2D eigenvalue weighted by atomic mass is 9.99. The zero-order valence-electron chi connectivity index (χ0n) is 12.9. The number of rotatable bonds is 5. The number of amides is 1. The number of benzene rings is 1. The van der Waals surface area contributed by atoms with E-state index in [2.05, 4.69) is 10.6 Å². The van der Waals surface area contributed by atoms with Crippen LogP contribution in [0.1, 0.15) is 23.2 Å². The third kappa shape index (κ3) is 5.35. The van der Waals surface area contributed by atoms with Crippen LogP contribution in [0, 0.1) is 5.92 Å². The largest absolute Gasteiger partial charge is 0.496 e. The number of carbonyl (C=O) groups is 1. The van der Waals surface area contributed by atoms with Gasteiger partial charge in [0, 0.05) is 6.54 Å². The fourth-order valence-electron chi connectivity index (χ4n) is 2.47. The summed E-state index contributed by atoms with van der Waals surface area (Å²) in [6.07, 6.45) is 2.15. The van der Waals surface area contributed by atoms with Gasteiger partial charge >= 0.3 is 0 Å². The van der Waals surface area contributed by atoms with Crippen LogP contribution in [0.2, 0.25) is 0 Å². The second-order valence-electron chi connectivity index (χ2n) is 5.33. The summed E-state index contributed by atoms with van der Waals surface area (Å²) >= 11 is 0. The summed E-state index contributed by atoms with van der Waals surface area (Å²) in [5.41, 5.74) is 0.165. The van der Waals surface area contributed by atoms with E-state index >= 15 is 0 Å². The predicted octanol–water partition coefficient (Wildman–Crippen LogP) is 0.494. The minimum Gasteiger partial charge on any atom is -0.496 e. The first-order valence-corrected chi connectivity index (χ1v) is 8.66. The van der Waals surface area contributed by atoms with Gasteiger partial charge in [0.05, 0.1) is 17.6 Å². The van der Waals surface area contributed by atoms with E-state index in [1.54, 1.807) is 0 Å². The molecule has 0 aromatic heterocycles. The van der Waals surface area contributed by atoms with Crippen molar-refractivity contribution in [2.24, 2.45) is 11.1 Å². The maximum atomic E-state index is 12.3. The molecule has 9 heteroatoms. The zero-order chi connectivity index (χ0) is 16.2. The van der Waals surface area contributed by atoms with Gasteiger partial charge in [0.25, 0.3) is 5.91 Å². The molecule has 1 saturated heterocycles. The fourth-order valence-corrected chi connectivity index (χ4v) is 3.01. The Morgan fingerprint density at radius 3 is 2.78 bits per heavy atom. The monoisotopic (exact) mass is 363 g/mol. The number of sulfonamides is 1. The molecule has 1 aromatic rings. The molecule has 0 saturated carbocycles. The average molecular weight is 364 g/mol. The standard InChI is InChI=1S/C14H21N3O4S.ClH/c1-21-13-5-4-11(22(15,19)20)7-12(13)14(18)17-9-10-3-2-6-16-8-10;/h4-5,7,10,16H,2-3,6,8-9H2,1H3,(H,17,18)(H2,15,19,20);1H. The van der Waals surface area contributed by atoms with Crippen LogP contribution in [0.3, 0.4) is 0 Å². The Balaban J connectivity index is 0.00000264. The van der Waals surface area contributed by atoms with Crippen molar-refractivity contribution >= 4 is 28.3 Å². The van der Waals surface area contributed by atoms with Crippen molar-refractivity contribution in [2.45, 2.75) is 17.7 Å². The van der Waals surface area contributed by atoms with E-state index in [9.17, 15) is 13.2 Å². The first-order chi connectivity index (χ1) is 10.4. The van der Waals surface area contributed by atoms with E-state index < -0.39 is 10.0 Å². The van der Waals surface area contributed by atoms with Crippen molar-refractivity contribution in [3.63, 3.8) is 0 Å². The SMILES string of the molecule is COc1ccc(S(N)(=O)=O)cc1C(=O)NCC1CCCNC1.Cl. The Kier molecular flexibility index (Phi) is 7.27. The Morgan fingerprint density at radius 2 is 2.22 bits per heavy atom. The van der Waals surface area contributed by atoms with Crippen LogP contribution in [0.15, 0.2) is 23.1 Å². The Bertz CT molecular complexity index is 645. The van der Waals surface area contributed by atoms with Gasteiger partial charge in [0.2, 0.25) is 10.0 Å². The minimum atomic E-state index is -3.86. The molecule has 1 unspecified atom stereocenters. The number of carbonyl (C=O) groups excluding carboxylic acids is 1. The molecule has 0 bridgehead atoms. The molecule has 1 heterocycles. The summed E-state index contributed by atoms with van der Waals surface area (Å²) in [5.74, 6) is 0.324. The van der Waals surface area contributed by atoms with Crippen molar-refractivity contribution < 1.29 is 17.9 Å². The molecule has 7 nitrogen and oxygen atoms in total. The van der Waals surface area contributed by atoms with Crippen LogP contribution in [0.25, 0.3) is 0 Å². The van der Waals surface area contributed by atoms with Gasteiger partial charge in [-0.25, -0.2) is 13.6 Å². The molecule has 1 aliphatic heterocycles. The van der Waals surface area contributed by atoms with Crippen molar-refractivity contribution in [3.8, 4) is 5.75 Å². The van der Waals surface area contributed by atoms with Gasteiger partial charge in [0.15, 0.2) is 0 Å². The lowest BCUT2D eigenvalue weighted by molar-refractivity contribution is 0.0941. The molecule has 4 N–H and O–H groups in total. The van der Waals surface area contributed by atoms with Gasteiger partial charge in [-0.05, 0) is 50.0 Å². The van der Waals surface area contributed by atoms with Gasteiger partial charge < -0.3 is 15.4 Å². The van der Waals surface area contributed by atoms with E-state index in [1.165, 1.54) is 25.3 Å². The van der Waals surface area contributed by atoms with Crippen molar-refractivity contribution in [3.05, 3.63) is 23.8 Å². The smallest absolute Gasteiger partial charge is 0.255 e. The number of methoxy groups -OCH3 is 1. The number of primary sulfonamides is 1. The van der Waals surface area contributed by atoms with Gasteiger partial charge in [-0.15, -0.1) is 12.4 Å². The highest BCUT2D eigenvalue weighted by Gasteiger charge is 2.19. The Hall–Kier alpha value is -1.35. The van der Waals surface area contributed by atoms with Crippen LogP contribution < -0.4 is 20.5 Å². The Labute approximate surface area is 142 Å². The van der Waals surface area contributed by atoms with Crippen molar-refractivity contribution in [1.82, 2.24) is 10.6 Å². The molecule has 1 aliphatic rings. The molecule has 23 heavy (non-hydrogen) atoms. The molecule has 0 radical (unpaired) electrons. The van der Waals surface area contributed by atoms with Crippen LogP contribution in [0.5, 0.6) is 5.75 Å². The molecule has 1 fully saturated rings. The normalized spacial score (nSPS) is 17.9. The topological polar surface area (TPSA) is 111 Å². The van der Waals surface area contributed by atoms with E-state index in [-0.39, 0.29) is 28.8 Å². The van der Waals surface area contributed by atoms with Crippen LogP contribution in [-0.2, 0) is 10.0 Å². The van der Waals surface area contributed by atoms with Crippen LogP contribution in [0.4, 0.5) is 0 Å². The van der Waals surface area contributed by atoms with Gasteiger partial charge in [-0.2, -0.15) is 0 Å². The van der Waals surface area contributed by atoms with Crippen LogP contribution in [-0.4, -0.2) is 41.1 Å². The van der Waals surface area contributed by atoms with Crippen LogP contribution >= 0.6 is 12.4 Å². The third-order valence-corrected chi connectivity index (χ3v) is 4.61. The maximum absolute atomic E-state index is 12.3. The van der Waals surface area contributed by atoms with Crippen molar-refractivity contribution in [1.29, 1.82) is 0 Å². The summed E-state index contributed by atoms with van der Waals surface area (Å²) in [6.45, 7) is 2.41. The van der Waals surface area contributed by atoms with Gasteiger partial charge in [-0.1, -0.05) is 0 Å². The second kappa shape index (κ2) is 8.49. The zero-order valence-corrected chi connectivity index (χ0v) is 14.5. The summed E-state index contributed by atoms with van der Waals surface area (Å²) in [6, 6.07) is 3.98. The highest BCUT2D eigenvalue weighted by atomic mass is 35.5. The van der Waals surface area contributed by atoms with Crippen molar-refractivity contribution in [2.75, 3.05) is 26.7 Å². The summed E-state index contributed by atoms with van der Waals surface area (Å²) in [4.78, 5) is 12.2. The van der Waals surface area contributed by atoms with E-state index in [1.807, 2.05) is 0 Å². The molecule has 1 amide bonds. The molecule has 1 aromatic carbocycles. The number of halogens is 1. The van der Waals surface area contributed by atoms with Gasteiger partial charge in [-0.3, -0.25) is 4.79 Å². The number of hydrogen-bond acceptors (Lipinski definition) is 5. The lowest BCUT2D eigenvalue weighted by Gasteiger charge is -2.23. The number of hydrogen-bond donors (Lipinski definition) is 3. The van der Waals surface area contributed by atoms with E-state index in [0.717, 1.165) is 25.9 Å². The lowest BCUT2D eigenvalue weighted by Crippen LogP contribution is -2.38. The molecule has 0 spiro atoms. The number of nitrogens with two attached hydrogens (primary N) is 1. The summed E-state index contributed by atoms with van der Waals surface area (Å²) < 4.78 is 27.9. The average Bonchev–Trinajstić information content (AvgIpc) is 2.52. The highest BCUT2D eigenvalue weighted by molar-refractivity contribution is 7.89. The fraction of sp³-hybridized carbons (Fsp3) is 0.500. The quantitative estimate of drug-likeness (QED) is 0.705.